The Hall–Kier alpha value is -0.860. The topological polar surface area (TPSA) is 24.4 Å². The number of aliphatic imine (C=N–C) groups is 1. The highest BCUT2D eigenvalue weighted by molar-refractivity contribution is 5.81. The monoisotopic (exact) mass is 170 g/mol. The summed E-state index contributed by atoms with van der Waals surface area (Å²) in [4.78, 5) is 3.84. The van der Waals surface area contributed by atoms with Crippen molar-refractivity contribution in [2.24, 2.45) is 10.4 Å². The number of halogens is 1. The van der Waals surface area contributed by atoms with Gasteiger partial charge in [-0.25, -0.2) is 9.38 Å². The fourth-order valence-corrected chi connectivity index (χ4v) is 1.18. The number of nitrogens with one attached hydrogen (secondary N) is 1. The third-order valence-corrected chi connectivity index (χ3v) is 1.88. The van der Waals surface area contributed by atoms with Crippen LogP contribution in [0, 0.1) is 5.41 Å². The number of nitrogens with zero attached hydrogens (tertiary/aromatic N) is 1. The minimum absolute atomic E-state index is 0.113. The first-order chi connectivity index (χ1) is 5.41. The van der Waals surface area contributed by atoms with Gasteiger partial charge in [-0.05, 0) is 12.3 Å². The van der Waals surface area contributed by atoms with E-state index in [0.29, 0.717) is 0 Å². The Kier molecular flexibility index (Phi) is 2.22. The molecule has 0 radical (unpaired) electrons. The van der Waals surface area contributed by atoms with Gasteiger partial charge in [0.2, 0.25) is 0 Å². The van der Waals surface area contributed by atoms with Gasteiger partial charge in [0.1, 0.15) is 5.83 Å². The van der Waals surface area contributed by atoms with Crippen molar-refractivity contribution in [3.8, 4) is 0 Å². The van der Waals surface area contributed by atoms with Crippen LogP contribution in [0.4, 0.5) is 4.39 Å². The van der Waals surface area contributed by atoms with Gasteiger partial charge in [-0.15, -0.1) is 0 Å². The van der Waals surface area contributed by atoms with Gasteiger partial charge in [0.25, 0.3) is 0 Å². The van der Waals surface area contributed by atoms with E-state index < -0.39 is 0 Å². The molecular formula is C9H15FN2. The SMILES string of the molecule is CC1=NC=C(F)C(C(C)(C)C)N1. The van der Waals surface area contributed by atoms with E-state index in [4.69, 9.17) is 0 Å². The second kappa shape index (κ2) is 2.88. The molecule has 0 spiro atoms. The highest BCUT2D eigenvalue weighted by Gasteiger charge is 2.30. The van der Waals surface area contributed by atoms with Crippen molar-refractivity contribution in [3.63, 3.8) is 0 Å². The summed E-state index contributed by atoms with van der Waals surface area (Å²) in [7, 11) is 0. The molecule has 1 heterocycles. The molecule has 0 aromatic rings. The lowest BCUT2D eigenvalue weighted by atomic mass is 9.85. The van der Waals surface area contributed by atoms with Crippen molar-refractivity contribution in [2.45, 2.75) is 33.7 Å². The van der Waals surface area contributed by atoms with E-state index in [0.717, 1.165) is 5.84 Å². The summed E-state index contributed by atoms with van der Waals surface area (Å²) in [5.74, 6) is 0.587. The van der Waals surface area contributed by atoms with Crippen LogP contribution in [0.3, 0.4) is 0 Å². The molecule has 0 aliphatic carbocycles. The Morgan fingerprint density at radius 3 is 2.50 bits per heavy atom. The van der Waals surface area contributed by atoms with Gasteiger partial charge in [-0.3, -0.25) is 0 Å². The Morgan fingerprint density at radius 1 is 1.50 bits per heavy atom. The zero-order chi connectivity index (χ0) is 9.35. The lowest BCUT2D eigenvalue weighted by Crippen LogP contribution is -2.44. The van der Waals surface area contributed by atoms with Gasteiger partial charge in [0, 0.05) is 0 Å². The van der Waals surface area contributed by atoms with Gasteiger partial charge >= 0.3 is 0 Å². The van der Waals surface area contributed by atoms with E-state index in [1.54, 1.807) is 0 Å². The van der Waals surface area contributed by atoms with Crippen LogP contribution in [0.2, 0.25) is 0 Å². The molecule has 1 aliphatic heterocycles. The Labute approximate surface area is 72.6 Å². The van der Waals surface area contributed by atoms with E-state index in [2.05, 4.69) is 10.3 Å². The van der Waals surface area contributed by atoms with Gasteiger partial charge in [0.15, 0.2) is 0 Å². The van der Waals surface area contributed by atoms with Crippen molar-refractivity contribution < 1.29 is 4.39 Å². The van der Waals surface area contributed by atoms with Crippen molar-refractivity contribution in [1.29, 1.82) is 0 Å². The maximum Gasteiger partial charge on any atom is 0.141 e. The molecule has 0 saturated heterocycles. The molecule has 1 rings (SSSR count). The molecule has 0 aromatic heterocycles. The largest absolute Gasteiger partial charge is 0.364 e. The molecule has 0 aromatic carbocycles. The first kappa shape index (κ1) is 9.23. The molecule has 12 heavy (non-hydrogen) atoms. The molecule has 2 nitrogen and oxygen atoms in total. The molecule has 1 atom stereocenters. The summed E-state index contributed by atoms with van der Waals surface area (Å²) in [5.41, 5.74) is -0.113. The summed E-state index contributed by atoms with van der Waals surface area (Å²) in [6, 6.07) is -0.241. The van der Waals surface area contributed by atoms with Gasteiger partial charge < -0.3 is 5.32 Å². The predicted octanol–water partition coefficient (Wildman–Crippen LogP) is 2.23. The van der Waals surface area contributed by atoms with Crippen molar-refractivity contribution in [3.05, 3.63) is 12.0 Å². The van der Waals surface area contributed by atoms with Gasteiger partial charge in [0.05, 0.1) is 18.1 Å². The fraction of sp³-hybridized carbons (Fsp3) is 0.667. The summed E-state index contributed by atoms with van der Waals surface area (Å²) in [6.07, 6.45) is 1.29. The quantitative estimate of drug-likeness (QED) is 0.592. The van der Waals surface area contributed by atoms with Crippen molar-refractivity contribution >= 4 is 5.84 Å². The average Bonchev–Trinajstić information content (AvgIpc) is 1.92. The molecule has 3 heteroatoms. The van der Waals surface area contributed by atoms with E-state index in [-0.39, 0.29) is 17.3 Å². The molecule has 1 N–H and O–H groups in total. The Bertz CT molecular complexity index is 235. The van der Waals surface area contributed by atoms with E-state index in [1.807, 2.05) is 27.7 Å². The van der Waals surface area contributed by atoms with Crippen LogP contribution in [-0.4, -0.2) is 11.9 Å². The van der Waals surface area contributed by atoms with E-state index >= 15 is 0 Å². The maximum atomic E-state index is 13.2. The standard InChI is InChI=1S/C9H15FN2/c1-6-11-5-7(10)8(12-6)9(2,3)4/h5,8H,1-4H3,(H,11,12). The second-order valence-corrected chi connectivity index (χ2v) is 4.17. The third-order valence-electron chi connectivity index (χ3n) is 1.88. The molecule has 0 bridgehead atoms. The number of rotatable bonds is 0. The smallest absolute Gasteiger partial charge is 0.141 e. The third kappa shape index (κ3) is 1.84. The average molecular weight is 170 g/mol. The van der Waals surface area contributed by atoms with Crippen LogP contribution in [0.1, 0.15) is 27.7 Å². The Morgan fingerprint density at radius 2 is 2.08 bits per heavy atom. The Balaban J connectivity index is 2.84. The van der Waals surface area contributed by atoms with Crippen LogP contribution < -0.4 is 5.32 Å². The molecule has 1 unspecified atom stereocenters. The highest BCUT2D eigenvalue weighted by Crippen LogP contribution is 2.27. The summed E-state index contributed by atoms with van der Waals surface area (Å²) >= 11 is 0. The summed E-state index contributed by atoms with van der Waals surface area (Å²) in [5, 5.41) is 3.01. The first-order valence-electron chi connectivity index (χ1n) is 4.08. The highest BCUT2D eigenvalue weighted by atomic mass is 19.1. The first-order valence-corrected chi connectivity index (χ1v) is 4.08. The summed E-state index contributed by atoms with van der Waals surface area (Å²) in [6.45, 7) is 7.83. The molecular weight excluding hydrogens is 155 g/mol. The fourth-order valence-electron chi connectivity index (χ4n) is 1.18. The lowest BCUT2D eigenvalue weighted by molar-refractivity contribution is 0.290. The second-order valence-electron chi connectivity index (χ2n) is 4.17. The lowest BCUT2D eigenvalue weighted by Gasteiger charge is -2.32. The maximum absolute atomic E-state index is 13.2. The predicted molar refractivity (Wildman–Crippen MR) is 48.7 cm³/mol. The van der Waals surface area contributed by atoms with Crippen LogP contribution in [0.5, 0.6) is 0 Å². The number of hydrogen-bond donors (Lipinski definition) is 1. The van der Waals surface area contributed by atoms with Crippen molar-refractivity contribution in [2.75, 3.05) is 0 Å². The summed E-state index contributed by atoms with van der Waals surface area (Å²) < 4.78 is 13.2. The van der Waals surface area contributed by atoms with Gasteiger partial charge in [-0.1, -0.05) is 20.8 Å². The molecule has 1 aliphatic rings. The molecule has 0 fully saturated rings. The van der Waals surface area contributed by atoms with Crippen LogP contribution >= 0.6 is 0 Å². The number of hydrogen-bond acceptors (Lipinski definition) is 2. The van der Waals surface area contributed by atoms with Crippen molar-refractivity contribution in [1.82, 2.24) is 5.32 Å². The zero-order valence-corrected chi connectivity index (χ0v) is 7.98. The van der Waals surface area contributed by atoms with Crippen LogP contribution in [0.25, 0.3) is 0 Å². The molecule has 0 amide bonds. The van der Waals surface area contributed by atoms with E-state index in [9.17, 15) is 4.39 Å². The zero-order valence-electron chi connectivity index (χ0n) is 7.98. The molecule has 0 saturated carbocycles. The van der Waals surface area contributed by atoms with Gasteiger partial charge in [-0.2, -0.15) is 0 Å². The van der Waals surface area contributed by atoms with E-state index in [1.165, 1.54) is 6.20 Å². The minimum Gasteiger partial charge on any atom is -0.364 e. The van der Waals surface area contributed by atoms with Crippen LogP contribution in [0.15, 0.2) is 17.0 Å². The van der Waals surface area contributed by atoms with Crippen LogP contribution in [-0.2, 0) is 0 Å². The minimum atomic E-state index is -0.241. The molecule has 68 valence electrons. The normalized spacial score (nSPS) is 24.2. The number of amidine groups is 1.